The summed E-state index contributed by atoms with van der Waals surface area (Å²) in [5.74, 6) is 0. The molecule has 1 saturated carbocycles. The first kappa shape index (κ1) is 16.4. The molecular formula is C9H12F3O5S2-. The lowest BCUT2D eigenvalue weighted by atomic mass is 10.0. The van der Waals surface area contributed by atoms with Crippen molar-refractivity contribution in [1.29, 1.82) is 0 Å². The van der Waals surface area contributed by atoms with Gasteiger partial charge in [0.15, 0.2) is 14.7 Å². The third-order valence-corrected chi connectivity index (χ3v) is 5.81. The fourth-order valence-electron chi connectivity index (χ4n) is 1.98. The highest BCUT2D eigenvalue weighted by Crippen LogP contribution is 2.36. The highest BCUT2D eigenvalue weighted by atomic mass is 32.2. The number of alkyl halides is 3. The Hall–Kier alpha value is -0.610. The Morgan fingerprint density at radius 2 is 1.53 bits per heavy atom. The van der Waals surface area contributed by atoms with Gasteiger partial charge in [0.05, 0.1) is 5.25 Å². The van der Waals surface area contributed by atoms with Gasteiger partial charge in [0.25, 0.3) is 0 Å². The fourth-order valence-corrected chi connectivity index (χ4v) is 4.90. The molecule has 0 atom stereocenters. The summed E-state index contributed by atoms with van der Waals surface area (Å²) in [6.07, 6.45) is -3.69. The molecule has 0 amide bonds. The Morgan fingerprint density at radius 3 is 1.89 bits per heavy atom. The van der Waals surface area contributed by atoms with Crippen molar-refractivity contribution < 1.29 is 34.6 Å². The molecule has 0 bridgehead atoms. The van der Waals surface area contributed by atoms with Gasteiger partial charge in [0, 0.05) is 5.41 Å². The van der Waals surface area contributed by atoms with Gasteiger partial charge < -0.3 is 4.55 Å². The minimum Gasteiger partial charge on any atom is -0.744 e. The van der Waals surface area contributed by atoms with E-state index in [1.807, 2.05) is 0 Å². The summed E-state index contributed by atoms with van der Waals surface area (Å²) >= 11 is 0. The summed E-state index contributed by atoms with van der Waals surface area (Å²) in [6, 6.07) is 0. The first-order valence-electron chi connectivity index (χ1n) is 5.43. The lowest BCUT2D eigenvalue weighted by Crippen LogP contribution is -2.31. The van der Waals surface area contributed by atoms with Gasteiger partial charge in [-0.25, -0.2) is 16.8 Å². The van der Waals surface area contributed by atoms with Gasteiger partial charge in [-0.3, -0.25) is 0 Å². The van der Waals surface area contributed by atoms with Crippen molar-refractivity contribution in [3.8, 4) is 0 Å². The van der Waals surface area contributed by atoms with Gasteiger partial charge in [0.1, 0.15) is 10.1 Å². The van der Waals surface area contributed by atoms with Crippen molar-refractivity contribution >= 4 is 20.0 Å². The molecule has 0 N–H and O–H groups in total. The molecule has 1 aliphatic rings. The average Bonchev–Trinajstić information content (AvgIpc) is 2.24. The third-order valence-electron chi connectivity index (χ3n) is 2.83. The Labute approximate surface area is 109 Å². The monoisotopic (exact) mass is 321 g/mol. The van der Waals surface area contributed by atoms with Crippen molar-refractivity contribution in [3.63, 3.8) is 0 Å². The van der Waals surface area contributed by atoms with Crippen LogP contribution in [0.25, 0.3) is 0 Å². The second-order valence-electron chi connectivity index (χ2n) is 4.28. The molecule has 0 aromatic carbocycles. The van der Waals surface area contributed by atoms with Gasteiger partial charge in [0.2, 0.25) is 0 Å². The molecule has 112 valence electrons. The van der Waals surface area contributed by atoms with Crippen LogP contribution in [-0.2, 0) is 20.0 Å². The average molecular weight is 321 g/mol. The Balaban J connectivity index is 3.29. The van der Waals surface area contributed by atoms with Crippen molar-refractivity contribution in [2.75, 3.05) is 0 Å². The molecule has 1 rings (SSSR count). The Kier molecular flexibility index (Phi) is 4.68. The van der Waals surface area contributed by atoms with E-state index in [0.29, 0.717) is 12.8 Å². The van der Waals surface area contributed by atoms with Gasteiger partial charge in [-0.05, 0) is 12.8 Å². The van der Waals surface area contributed by atoms with Crippen LogP contribution >= 0.6 is 0 Å². The summed E-state index contributed by atoms with van der Waals surface area (Å²) in [5, 5.41) is -2.02. The Bertz CT molecular complexity index is 553. The van der Waals surface area contributed by atoms with Crippen molar-refractivity contribution in [3.05, 3.63) is 10.3 Å². The molecule has 0 aliphatic heterocycles. The van der Waals surface area contributed by atoms with Crippen LogP contribution in [-0.4, -0.2) is 32.8 Å². The minimum absolute atomic E-state index is 0.0364. The highest BCUT2D eigenvalue weighted by molar-refractivity contribution is 7.97. The normalized spacial score (nSPS) is 20.5. The number of hydrogen-bond donors (Lipinski definition) is 0. The van der Waals surface area contributed by atoms with Crippen LogP contribution in [0.1, 0.15) is 32.1 Å². The molecule has 10 heteroatoms. The fraction of sp³-hybridized carbons (Fsp3) is 0.778. The molecule has 0 spiro atoms. The largest absolute Gasteiger partial charge is 0.744 e. The lowest BCUT2D eigenvalue weighted by molar-refractivity contribution is -0.0844. The molecule has 1 aliphatic carbocycles. The van der Waals surface area contributed by atoms with Gasteiger partial charge in [-0.15, -0.1) is 0 Å². The van der Waals surface area contributed by atoms with E-state index in [2.05, 4.69) is 0 Å². The molecule has 0 saturated heterocycles. The predicted octanol–water partition coefficient (Wildman–Crippen LogP) is 1.68. The van der Waals surface area contributed by atoms with Gasteiger partial charge in [-0.1, -0.05) is 19.3 Å². The molecular weight excluding hydrogens is 309 g/mol. The van der Waals surface area contributed by atoms with Crippen molar-refractivity contribution in [2.45, 2.75) is 43.5 Å². The first-order chi connectivity index (χ1) is 8.44. The van der Waals surface area contributed by atoms with Crippen LogP contribution in [0, 0.1) is 0 Å². The summed E-state index contributed by atoms with van der Waals surface area (Å²) < 4.78 is 92.9. The molecule has 1 fully saturated rings. The maximum absolute atomic E-state index is 12.7. The SMILES string of the molecule is O=S(=O)([O-])C=C(C(F)(F)F)S(=O)(=O)C1CCCCC1. The second-order valence-corrected chi connectivity index (χ2v) is 7.70. The predicted molar refractivity (Wildman–Crippen MR) is 59.6 cm³/mol. The van der Waals surface area contributed by atoms with Gasteiger partial charge in [-0.2, -0.15) is 13.2 Å². The van der Waals surface area contributed by atoms with E-state index >= 15 is 0 Å². The third kappa shape index (κ3) is 4.46. The minimum atomic E-state index is -5.44. The van der Waals surface area contributed by atoms with Crippen LogP contribution in [0.5, 0.6) is 0 Å². The maximum Gasteiger partial charge on any atom is 0.427 e. The molecule has 5 nitrogen and oxygen atoms in total. The zero-order valence-electron chi connectivity index (χ0n) is 9.68. The van der Waals surface area contributed by atoms with E-state index in [1.165, 1.54) is 0 Å². The van der Waals surface area contributed by atoms with Crippen LogP contribution in [0.3, 0.4) is 0 Å². The number of hydrogen-bond acceptors (Lipinski definition) is 5. The number of rotatable bonds is 3. The topological polar surface area (TPSA) is 91.3 Å². The van der Waals surface area contributed by atoms with Crippen LogP contribution in [0.2, 0.25) is 0 Å². The van der Waals surface area contributed by atoms with Crippen molar-refractivity contribution in [2.24, 2.45) is 0 Å². The standard InChI is InChI=1S/C9H13F3O5S2/c10-9(11,12)8(6-18(13,14)15)19(16,17)7-4-2-1-3-5-7/h6-7H,1-5H2,(H,13,14,15)/p-1. The van der Waals surface area contributed by atoms with Gasteiger partial charge >= 0.3 is 6.18 Å². The van der Waals surface area contributed by atoms with E-state index in [9.17, 15) is 34.6 Å². The smallest absolute Gasteiger partial charge is 0.427 e. The van der Waals surface area contributed by atoms with E-state index in [1.54, 1.807) is 0 Å². The van der Waals surface area contributed by atoms with Crippen LogP contribution < -0.4 is 0 Å². The number of sulfone groups is 1. The molecule has 0 unspecified atom stereocenters. The zero-order valence-corrected chi connectivity index (χ0v) is 11.3. The lowest BCUT2D eigenvalue weighted by Gasteiger charge is -2.24. The molecule has 19 heavy (non-hydrogen) atoms. The molecule has 0 aromatic rings. The molecule has 0 aromatic heterocycles. The number of halogens is 3. The van der Waals surface area contributed by atoms with E-state index in [0.717, 1.165) is 6.42 Å². The first-order valence-corrected chi connectivity index (χ1v) is 8.45. The van der Waals surface area contributed by atoms with E-state index < -0.39 is 41.7 Å². The summed E-state index contributed by atoms with van der Waals surface area (Å²) in [5.41, 5.74) is 0. The summed E-state index contributed by atoms with van der Waals surface area (Å²) in [7, 11) is -10.3. The Morgan fingerprint density at radius 1 is 1.05 bits per heavy atom. The van der Waals surface area contributed by atoms with Crippen LogP contribution in [0.15, 0.2) is 10.3 Å². The van der Waals surface area contributed by atoms with E-state index in [-0.39, 0.29) is 12.8 Å². The molecule has 0 radical (unpaired) electrons. The maximum atomic E-state index is 12.7. The summed E-state index contributed by atoms with van der Waals surface area (Å²) in [6.45, 7) is 0. The summed E-state index contributed by atoms with van der Waals surface area (Å²) in [4.78, 5) is -2.26. The van der Waals surface area contributed by atoms with E-state index in [4.69, 9.17) is 0 Å². The second kappa shape index (κ2) is 5.41. The van der Waals surface area contributed by atoms with Crippen LogP contribution in [0.4, 0.5) is 13.2 Å². The number of allylic oxidation sites excluding steroid dienone is 1. The zero-order chi connectivity index (χ0) is 14.9. The van der Waals surface area contributed by atoms with Crippen molar-refractivity contribution in [1.82, 2.24) is 0 Å². The highest BCUT2D eigenvalue weighted by Gasteiger charge is 2.46. The quantitative estimate of drug-likeness (QED) is 0.738. The molecule has 0 heterocycles.